The molecule has 1 amide bonds. The number of nitrogens with one attached hydrogen (secondary N) is 1. The van der Waals surface area contributed by atoms with E-state index < -0.39 is 0 Å². The zero-order chi connectivity index (χ0) is 16.6. The van der Waals surface area contributed by atoms with Crippen molar-refractivity contribution in [2.75, 3.05) is 37.6 Å². The van der Waals surface area contributed by atoms with Gasteiger partial charge in [-0.3, -0.25) is 4.79 Å². The number of hydrogen-bond acceptors (Lipinski definition) is 3. The summed E-state index contributed by atoms with van der Waals surface area (Å²) in [4.78, 5) is 17.6. The number of rotatable bonds is 6. The van der Waals surface area contributed by atoms with Gasteiger partial charge in [-0.2, -0.15) is 0 Å². The van der Waals surface area contributed by atoms with E-state index in [-0.39, 0.29) is 0 Å². The van der Waals surface area contributed by atoms with E-state index in [0.29, 0.717) is 18.4 Å². The van der Waals surface area contributed by atoms with Crippen molar-refractivity contribution in [3.05, 3.63) is 30.3 Å². The third kappa shape index (κ3) is 4.81. The van der Waals surface area contributed by atoms with Gasteiger partial charge in [-0.05, 0) is 37.9 Å². The quantitative estimate of drug-likeness (QED) is 0.871. The number of benzene rings is 1. The van der Waals surface area contributed by atoms with Crippen LogP contribution in [0.4, 0.5) is 5.69 Å². The summed E-state index contributed by atoms with van der Waals surface area (Å²) >= 11 is 0. The first-order chi connectivity index (χ1) is 11.8. The van der Waals surface area contributed by atoms with E-state index in [1.54, 1.807) is 0 Å². The Kier molecular flexibility index (Phi) is 6.67. The van der Waals surface area contributed by atoms with E-state index in [1.165, 1.54) is 19.3 Å². The van der Waals surface area contributed by atoms with Crippen LogP contribution in [0.1, 0.15) is 44.9 Å². The van der Waals surface area contributed by atoms with E-state index >= 15 is 0 Å². The van der Waals surface area contributed by atoms with Crippen LogP contribution in [0.5, 0.6) is 0 Å². The third-order valence-corrected chi connectivity index (χ3v) is 5.32. The van der Waals surface area contributed by atoms with Gasteiger partial charge in [-0.15, -0.1) is 0 Å². The van der Waals surface area contributed by atoms with Gasteiger partial charge in [-0.1, -0.05) is 37.5 Å². The third-order valence-electron chi connectivity index (χ3n) is 5.32. The molecule has 1 aromatic carbocycles. The van der Waals surface area contributed by atoms with E-state index in [2.05, 4.69) is 27.2 Å². The lowest BCUT2D eigenvalue weighted by molar-refractivity contribution is -0.119. The maximum atomic E-state index is 13.0. The highest BCUT2D eigenvalue weighted by Gasteiger charge is 2.26. The van der Waals surface area contributed by atoms with Gasteiger partial charge in [0.1, 0.15) is 0 Å². The fraction of sp³-hybridized carbons (Fsp3) is 0.650. The van der Waals surface area contributed by atoms with Crippen LogP contribution in [0.3, 0.4) is 0 Å². The SMILES string of the molecule is O=C(CCCN1CCNCC1)N(c1ccccc1)C1CCCCC1. The summed E-state index contributed by atoms with van der Waals surface area (Å²) in [5.41, 5.74) is 1.08. The van der Waals surface area contributed by atoms with Gasteiger partial charge in [0.05, 0.1) is 0 Å². The average Bonchev–Trinajstić information content (AvgIpc) is 2.65. The second kappa shape index (κ2) is 9.19. The molecule has 0 atom stereocenters. The van der Waals surface area contributed by atoms with Crippen LogP contribution in [0.25, 0.3) is 0 Å². The Balaban J connectivity index is 1.58. The van der Waals surface area contributed by atoms with Crippen molar-refractivity contribution in [3.63, 3.8) is 0 Å². The van der Waals surface area contributed by atoms with Gasteiger partial charge in [0.25, 0.3) is 0 Å². The van der Waals surface area contributed by atoms with Crippen molar-refractivity contribution in [1.29, 1.82) is 0 Å². The Labute approximate surface area is 146 Å². The molecule has 1 N–H and O–H groups in total. The summed E-state index contributed by atoms with van der Waals surface area (Å²) in [6, 6.07) is 10.7. The molecule has 2 fully saturated rings. The summed E-state index contributed by atoms with van der Waals surface area (Å²) in [5.74, 6) is 0.309. The summed E-state index contributed by atoms with van der Waals surface area (Å²) in [5, 5.41) is 3.38. The number of carbonyl (C=O) groups is 1. The predicted octanol–water partition coefficient (Wildman–Crippen LogP) is 3.04. The molecule has 1 saturated carbocycles. The molecular weight excluding hydrogens is 298 g/mol. The lowest BCUT2D eigenvalue weighted by Gasteiger charge is -2.35. The van der Waals surface area contributed by atoms with Crippen molar-refractivity contribution in [1.82, 2.24) is 10.2 Å². The Morgan fingerprint density at radius 2 is 1.79 bits per heavy atom. The monoisotopic (exact) mass is 329 g/mol. The summed E-state index contributed by atoms with van der Waals surface area (Å²) in [6.07, 6.45) is 7.75. The van der Waals surface area contributed by atoms with Crippen LogP contribution in [-0.4, -0.2) is 49.6 Å². The van der Waals surface area contributed by atoms with Crippen LogP contribution in [0, 0.1) is 0 Å². The van der Waals surface area contributed by atoms with Crippen molar-refractivity contribution in [2.24, 2.45) is 0 Å². The van der Waals surface area contributed by atoms with E-state index in [0.717, 1.165) is 57.7 Å². The molecule has 1 aromatic rings. The molecule has 1 aliphatic carbocycles. The molecule has 132 valence electrons. The minimum Gasteiger partial charge on any atom is -0.314 e. The Hall–Kier alpha value is -1.39. The highest BCUT2D eigenvalue weighted by molar-refractivity contribution is 5.93. The molecule has 0 bridgehead atoms. The van der Waals surface area contributed by atoms with Crippen molar-refractivity contribution in [2.45, 2.75) is 51.0 Å². The average molecular weight is 329 g/mol. The Bertz CT molecular complexity index is 493. The Morgan fingerprint density at radius 1 is 1.08 bits per heavy atom. The van der Waals surface area contributed by atoms with Crippen LogP contribution in [-0.2, 0) is 4.79 Å². The molecule has 4 nitrogen and oxygen atoms in total. The molecular formula is C20H31N3O. The molecule has 3 rings (SSSR count). The number of nitrogens with zero attached hydrogens (tertiary/aromatic N) is 2. The second-order valence-corrected chi connectivity index (χ2v) is 7.09. The van der Waals surface area contributed by atoms with Crippen LogP contribution < -0.4 is 10.2 Å². The zero-order valence-electron chi connectivity index (χ0n) is 14.8. The number of piperazine rings is 1. The largest absolute Gasteiger partial charge is 0.314 e. The standard InChI is InChI=1S/C20H31N3O/c24-20(12-7-15-22-16-13-21-14-17-22)23(18-8-3-1-4-9-18)19-10-5-2-6-11-19/h1,3-4,8-9,19,21H,2,5-7,10-17H2. The molecule has 1 aliphatic heterocycles. The fourth-order valence-electron chi connectivity index (χ4n) is 4.00. The lowest BCUT2D eigenvalue weighted by Crippen LogP contribution is -2.44. The minimum atomic E-state index is 0.309. The molecule has 2 aliphatic rings. The highest BCUT2D eigenvalue weighted by atomic mass is 16.2. The molecule has 1 saturated heterocycles. The topological polar surface area (TPSA) is 35.6 Å². The summed E-state index contributed by atoms with van der Waals surface area (Å²) < 4.78 is 0. The normalized spacial score (nSPS) is 20.0. The fourth-order valence-corrected chi connectivity index (χ4v) is 4.00. The van der Waals surface area contributed by atoms with Crippen molar-refractivity contribution >= 4 is 11.6 Å². The number of carbonyl (C=O) groups excluding carboxylic acids is 1. The molecule has 0 unspecified atom stereocenters. The summed E-state index contributed by atoms with van der Waals surface area (Å²) in [7, 11) is 0. The smallest absolute Gasteiger partial charge is 0.227 e. The molecule has 0 spiro atoms. The molecule has 1 heterocycles. The van der Waals surface area contributed by atoms with Crippen LogP contribution in [0.2, 0.25) is 0 Å². The first kappa shape index (κ1) is 17.4. The van der Waals surface area contributed by atoms with E-state index in [4.69, 9.17) is 0 Å². The molecule has 0 radical (unpaired) electrons. The van der Waals surface area contributed by atoms with Crippen LogP contribution >= 0.6 is 0 Å². The van der Waals surface area contributed by atoms with Gasteiger partial charge in [0.2, 0.25) is 5.91 Å². The first-order valence-corrected chi connectivity index (χ1v) is 9.65. The predicted molar refractivity (Wildman–Crippen MR) is 99.3 cm³/mol. The molecule has 0 aromatic heterocycles. The van der Waals surface area contributed by atoms with Gasteiger partial charge in [-0.25, -0.2) is 0 Å². The zero-order valence-corrected chi connectivity index (χ0v) is 14.8. The van der Waals surface area contributed by atoms with E-state index in [9.17, 15) is 4.79 Å². The van der Waals surface area contributed by atoms with Gasteiger partial charge in [0, 0.05) is 44.3 Å². The second-order valence-electron chi connectivity index (χ2n) is 7.09. The van der Waals surface area contributed by atoms with Gasteiger partial charge in [0.15, 0.2) is 0 Å². The highest BCUT2D eigenvalue weighted by Crippen LogP contribution is 2.28. The number of amides is 1. The Morgan fingerprint density at radius 3 is 2.50 bits per heavy atom. The number of anilines is 1. The van der Waals surface area contributed by atoms with Crippen molar-refractivity contribution in [3.8, 4) is 0 Å². The van der Waals surface area contributed by atoms with Crippen LogP contribution in [0.15, 0.2) is 30.3 Å². The molecule has 24 heavy (non-hydrogen) atoms. The maximum Gasteiger partial charge on any atom is 0.227 e. The first-order valence-electron chi connectivity index (χ1n) is 9.65. The maximum absolute atomic E-state index is 13.0. The summed E-state index contributed by atoms with van der Waals surface area (Å²) in [6.45, 7) is 5.41. The number of hydrogen-bond donors (Lipinski definition) is 1. The molecule has 4 heteroatoms. The lowest BCUT2D eigenvalue weighted by atomic mass is 9.93. The minimum absolute atomic E-state index is 0.309. The van der Waals surface area contributed by atoms with Gasteiger partial charge >= 0.3 is 0 Å². The van der Waals surface area contributed by atoms with Gasteiger partial charge < -0.3 is 15.1 Å². The number of para-hydroxylation sites is 1. The van der Waals surface area contributed by atoms with Crippen molar-refractivity contribution < 1.29 is 4.79 Å². The van der Waals surface area contributed by atoms with E-state index in [1.807, 2.05) is 18.2 Å².